The lowest BCUT2D eigenvalue weighted by Gasteiger charge is -2.12. The molecule has 0 aliphatic heterocycles. The topological polar surface area (TPSA) is 68.3 Å². The average Bonchev–Trinajstić information content (AvgIpc) is 2.43. The predicted molar refractivity (Wildman–Crippen MR) is 73.4 cm³/mol. The minimum absolute atomic E-state index is 0.430. The summed E-state index contributed by atoms with van der Waals surface area (Å²) in [6, 6.07) is 12.6. The Labute approximate surface area is 112 Å². The number of aryl methyl sites for hydroxylation is 1. The van der Waals surface area contributed by atoms with Crippen molar-refractivity contribution in [2.75, 3.05) is 12.8 Å². The van der Waals surface area contributed by atoms with Crippen LogP contribution in [0.25, 0.3) is 0 Å². The Morgan fingerprint density at radius 3 is 2.63 bits per heavy atom. The zero-order chi connectivity index (χ0) is 13.8. The molecule has 0 unspecified atom stereocenters. The van der Waals surface area contributed by atoms with Crippen LogP contribution < -0.4 is 15.2 Å². The van der Waals surface area contributed by atoms with Crippen molar-refractivity contribution in [1.29, 1.82) is 5.26 Å². The lowest BCUT2D eigenvalue weighted by molar-refractivity contribution is 0.409. The molecular weight excluding hydrogens is 240 g/mol. The highest BCUT2D eigenvalue weighted by Gasteiger charge is 2.09. The van der Waals surface area contributed by atoms with Crippen molar-refractivity contribution in [2.24, 2.45) is 0 Å². The third kappa shape index (κ3) is 2.61. The quantitative estimate of drug-likeness (QED) is 0.854. The summed E-state index contributed by atoms with van der Waals surface area (Å²) in [5.41, 5.74) is 7.88. The second-order valence-electron chi connectivity index (χ2n) is 4.06. The van der Waals surface area contributed by atoms with Gasteiger partial charge in [-0.3, -0.25) is 0 Å². The van der Waals surface area contributed by atoms with Crippen molar-refractivity contribution in [3.05, 3.63) is 47.5 Å². The minimum atomic E-state index is 0.430. The van der Waals surface area contributed by atoms with Gasteiger partial charge in [0.15, 0.2) is 5.75 Å². The Morgan fingerprint density at radius 2 is 1.95 bits per heavy atom. The van der Waals surface area contributed by atoms with E-state index < -0.39 is 0 Å². The molecular formula is C15H14N2O2. The maximum absolute atomic E-state index is 9.08. The van der Waals surface area contributed by atoms with E-state index in [-0.39, 0.29) is 0 Å². The van der Waals surface area contributed by atoms with E-state index in [9.17, 15) is 0 Å². The Hall–Kier alpha value is -2.67. The summed E-state index contributed by atoms with van der Waals surface area (Å²) in [7, 11) is 1.56. The fraction of sp³-hybridized carbons (Fsp3) is 0.133. The van der Waals surface area contributed by atoms with Crippen LogP contribution in [0.5, 0.6) is 17.2 Å². The number of nitrogen functional groups attached to an aromatic ring is 1. The Bertz CT molecular complexity index is 645. The second kappa shape index (κ2) is 5.32. The molecule has 0 heterocycles. The summed E-state index contributed by atoms with van der Waals surface area (Å²) in [6.45, 7) is 1.90. The number of nitriles is 1. The standard InChI is InChI=1S/C15H14N2O2/c1-10-4-3-5-13(15(10)17)19-14-8-12(18-2)7-6-11(14)9-16/h3-8H,17H2,1-2H3. The van der Waals surface area contributed by atoms with E-state index in [4.69, 9.17) is 20.5 Å². The number of hydrogen-bond acceptors (Lipinski definition) is 4. The number of nitrogens with zero attached hydrogens (tertiary/aromatic N) is 1. The van der Waals surface area contributed by atoms with E-state index in [1.165, 1.54) is 0 Å². The zero-order valence-electron chi connectivity index (χ0n) is 10.8. The maximum atomic E-state index is 9.08. The van der Waals surface area contributed by atoms with Crippen LogP contribution in [-0.2, 0) is 0 Å². The van der Waals surface area contributed by atoms with E-state index >= 15 is 0 Å². The molecule has 96 valence electrons. The first-order valence-corrected chi connectivity index (χ1v) is 5.76. The van der Waals surface area contributed by atoms with Crippen LogP contribution >= 0.6 is 0 Å². The number of nitrogens with two attached hydrogens (primary N) is 1. The highest BCUT2D eigenvalue weighted by molar-refractivity contribution is 5.60. The highest BCUT2D eigenvalue weighted by Crippen LogP contribution is 2.33. The van der Waals surface area contributed by atoms with E-state index in [2.05, 4.69) is 6.07 Å². The number of benzene rings is 2. The Balaban J connectivity index is 2.42. The molecule has 0 fully saturated rings. The summed E-state index contributed by atoms with van der Waals surface area (Å²) in [4.78, 5) is 0. The third-order valence-corrected chi connectivity index (χ3v) is 2.81. The number of hydrogen-bond donors (Lipinski definition) is 1. The number of para-hydroxylation sites is 1. The van der Waals surface area contributed by atoms with Crippen molar-refractivity contribution >= 4 is 5.69 Å². The number of ether oxygens (including phenoxy) is 2. The largest absolute Gasteiger partial charge is 0.497 e. The smallest absolute Gasteiger partial charge is 0.150 e. The molecule has 0 aliphatic carbocycles. The van der Waals surface area contributed by atoms with E-state index in [0.29, 0.717) is 28.5 Å². The van der Waals surface area contributed by atoms with E-state index in [1.54, 1.807) is 31.4 Å². The molecule has 0 atom stereocenters. The average molecular weight is 254 g/mol. The Kier molecular flexibility index (Phi) is 3.58. The van der Waals surface area contributed by atoms with Crippen molar-refractivity contribution < 1.29 is 9.47 Å². The van der Waals surface area contributed by atoms with Crippen molar-refractivity contribution in [2.45, 2.75) is 6.92 Å². The first-order chi connectivity index (χ1) is 9.15. The maximum Gasteiger partial charge on any atom is 0.150 e. The molecule has 2 rings (SSSR count). The molecule has 0 saturated carbocycles. The van der Waals surface area contributed by atoms with Gasteiger partial charge in [-0.2, -0.15) is 5.26 Å². The summed E-state index contributed by atoms with van der Waals surface area (Å²) in [5, 5.41) is 9.08. The number of methoxy groups -OCH3 is 1. The second-order valence-corrected chi connectivity index (χ2v) is 4.06. The fourth-order valence-electron chi connectivity index (χ4n) is 1.67. The van der Waals surface area contributed by atoms with Crippen LogP contribution in [0.15, 0.2) is 36.4 Å². The molecule has 0 amide bonds. The van der Waals surface area contributed by atoms with Gasteiger partial charge < -0.3 is 15.2 Å². The van der Waals surface area contributed by atoms with Gasteiger partial charge >= 0.3 is 0 Å². The highest BCUT2D eigenvalue weighted by atomic mass is 16.5. The molecule has 2 N–H and O–H groups in total. The molecule has 0 radical (unpaired) electrons. The molecule has 0 spiro atoms. The van der Waals surface area contributed by atoms with Crippen LogP contribution in [0.1, 0.15) is 11.1 Å². The molecule has 0 aliphatic rings. The Morgan fingerprint density at radius 1 is 1.16 bits per heavy atom. The summed E-state index contributed by atoms with van der Waals surface area (Å²) in [6.07, 6.45) is 0. The van der Waals surface area contributed by atoms with Gasteiger partial charge in [0.05, 0.1) is 18.4 Å². The van der Waals surface area contributed by atoms with Gasteiger partial charge in [0.2, 0.25) is 0 Å². The molecule has 0 saturated heterocycles. The molecule has 0 bridgehead atoms. The first kappa shape index (κ1) is 12.8. The van der Waals surface area contributed by atoms with Crippen LogP contribution in [0, 0.1) is 18.3 Å². The van der Waals surface area contributed by atoms with Crippen molar-refractivity contribution in [1.82, 2.24) is 0 Å². The number of rotatable bonds is 3. The lowest BCUT2D eigenvalue weighted by Crippen LogP contribution is -1.96. The molecule has 2 aromatic carbocycles. The van der Waals surface area contributed by atoms with Crippen LogP contribution in [-0.4, -0.2) is 7.11 Å². The lowest BCUT2D eigenvalue weighted by atomic mass is 10.2. The summed E-state index contributed by atoms with van der Waals surface area (Å²) in [5.74, 6) is 1.59. The van der Waals surface area contributed by atoms with Gasteiger partial charge in [0.25, 0.3) is 0 Å². The molecule has 19 heavy (non-hydrogen) atoms. The third-order valence-electron chi connectivity index (χ3n) is 2.81. The normalized spacial score (nSPS) is 9.74. The van der Waals surface area contributed by atoms with Crippen molar-refractivity contribution in [3.8, 4) is 23.3 Å². The van der Waals surface area contributed by atoms with Crippen LogP contribution in [0.4, 0.5) is 5.69 Å². The minimum Gasteiger partial charge on any atom is -0.497 e. The number of anilines is 1. The van der Waals surface area contributed by atoms with Gasteiger partial charge in [-0.1, -0.05) is 12.1 Å². The van der Waals surface area contributed by atoms with Gasteiger partial charge in [-0.15, -0.1) is 0 Å². The van der Waals surface area contributed by atoms with Gasteiger partial charge in [-0.25, -0.2) is 0 Å². The monoisotopic (exact) mass is 254 g/mol. The summed E-state index contributed by atoms with van der Waals surface area (Å²) >= 11 is 0. The molecule has 2 aromatic rings. The van der Waals surface area contributed by atoms with E-state index in [1.807, 2.05) is 19.1 Å². The zero-order valence-corrected chi connectivity index (χ0v) is 10.8. The van der Waals surface area contributed by atoms with Crippen LogP contribution in [0.2, 0.25) is 0 Å². The van der Waals surface area contributed by atoms with Gasteiger partial charge in [0, 0.05) is 6.07 Å². The van der Waals surface area contributed by atoms with E-state index in [0.717, 1.165) is 5.56 Å². The summed E-state index contributed by atoms with van der Waals surface area (Å²) < 4.78 is 10.9. The first-order valence-electron chi connectivity index (χ1n) is 5.76. The fourth-order valence-corrected chi connectivity index (χ4v) is 1.67. The van der Waals surface area contributed by atoms with Gasteiger partial charge in [-0.05, 0) is 30.7 Å². The molecule has 4 nitrogen and oxygen atoms in total. The van der Waals surface area contributed by atoms with Crippen molar-refractivity contribution in [3.63, 3.8) is 0 Å². The van der Waals surface area contributed by atoms with Crippen LogP contribution in [0.3, 0.4) is 0 Å². The van der Waals surface area contributed by atoms with Gasteiger partial charge in [0.1, 0.15) is 17.6 Å². The predicted octanol–water partition coefficient (Wildman–Crippen LogP) is 3.25. The molecule has 4 heteroatoms. The SMILES string of the molecule is COc1ccc(C#N)c(Oc2cccc(C)c2N)c1. The molecule has 0 aromatic heterocycles.